The molecule has 190 valence electrons. The summed E-state index contributed by atoms with van der Waals surface area (Å²) in [5.41, 5.74) is 2.11. The number of nitrogens with zero attached hydrogens (tertiary/aromatic N) is 3. The third-order valence-electron chi connectivity index (χ3n) is 7.63. The summed E-state index contributed by atoms with van der Waals surface area (Å²) in [6, 6.07) is 11.6. The van der Waals surface area contributed by atoms with Gasteiger partial charge in [0.15, 0.2) is 0 Å². The fourth-order valence-electron chi connectivity index (χ4n) is 5.54. The van der Waals surface area contributed by atoms with Crippen molar-refractivity contribution in [3.8, 4) is 0 Å². The van der Waals surface area contributed by atoms with Gasteiger partial charge in [-0.05, 0) is 56.0 Å². The predicted octanol–water partition coefficient (Wildman–Crippen LogP) is 4.15. The van der Waals surface area contributed by atoms with Crippen LogP contribution in [0.4, 0.5) is 15.8 Å². The van der Waals surface area contributed by atoms with E-state index in [1.54, 1.807) is 23.1 Å². The lowest BCUT2D eigenvalue weighted by Crippen LogP contribution is -2.49. The van der Waals surface area contributed by atoms with Gasteiger partial charge in [0.2, 0.25) is 5.91 Å². The molecule has 5 rings (SSSR count). The molecule has 1 saturated carbocycles. The van der Waals surface area contributed by atoms with Gasteiger partial charge >= 0.3 is 0 Å². The Morgan fingerprint density at radius 2 is 1.39 bits per heavy atom. The normalized spacial score (nSPS) is 18.5. The number of piperazine rings is 1. The van der Waals surface area contributed by atoms with Crippen molar-refractivity contribution in [2.75, 3.05) is 49.5 Å². The second kappa shape index (κ2) is 10.7. The molecule has 8 heteroatoms. The van der Waals surface area contributed by atoms with E-state index in [1.807, 2.05) is 17.0 Å². The Kier molecular flexibility index (Phi) is 7.20. The van der Waals surface area contributed by atoms with E-state index in [9.17, 15) is 18.8 Å². The number of anilines is 2. The van der Waals surface area contributed by atoms with Crippen LogP contribution in [0.25, 0.3) is 0 Å². The minimum atomic E-state index is -0.515. The minimum Gasteiger partial charge on any atom is -0.367 e. The second-order valence-corrected chi connectivity index (χ2v) is 9.96. The number of carbonyl (C=O) groups is 3. The van der Waals surface area contributed by atoms with Crippen molar-refractivity contribution in [2.24, 2.45) is 5.92 Å². The summed E-state index contributed by atoms with van der Waals surface area (Å²) < 4.78 is 14.1. The highest BCUT2D eigenvalue weighted by atomic mass is 19.1. The number of hydrogen-bond donors (Lipinski definition) is 1. The van der Waals surface area contributed by atoms with Crippen molar-refractivity contribution >= 4 is 29.1 Å². The molecule has 3 fully saturated rings. The molecule has 3 amide bonds. The molecule has 2 heterocycles. The molecular formula is C28H33FN4O3. The zero-order valence-electron chi connectivity index (χ0n) is 20.5. The summed E-state index contributed by atoms with van der Waals surface area (Å²) in [4.78, 5) is 44.7. The molecule has 1 aliphatic carbocycles. The number of benzene rings is 2. The van der Waals surface area contributed by atoms with Crippen molar-refractivity contribution in [1.82, 2.24) is 9.80 Å². The van der Waals surface area contributed by atoms with Crippen LogP contribution in [0.15, 0.2) is 42.5 Å². The third kappa shape index (κ3) is 5.08. The maximum atomic E-state index is 14.1. The average Bonchev–Trinajstić information content (AvgIpc) is 3.63. The Bertz CT molecular complexity index is 1130. The Morgan fingerprint density at radius 1 is 0.750 bits per heavy atom. The number of halogens is 1. The summed E-state index contributed by atoms with van der Waals surface area (Å²) in [5, 5.41) is 3.03. The van der Waals surface area contributed by atoms with Gasteiger partial charge in [-0.2, -0.15) is 0 Å². The van der Waals surface area contributed by atoms with Crippen LogP contribution in [0.2, 0.25) is 0 Å². The average molecular weight is 493 g/mol. The lowest BCUT2D eigenvalue weighted by Gasteiger charge is -2.37. The van der Waals surface area contributed by atoms with Gasteiger partial charge in [-0.3, -0.25) is 14.4 Å². The van der Waals surface area contributed by atoms with E-state index in [1.165, 1.54) is 12.1 Å². The van der Waals surface area contributed by atoms with Gasteiger partial charge in [-0.1, -0.05) is 25.0 Å². The number of likely N-dealkylation sites (tertiary alicyclic amines) is 1. The van der Waals surface area contributed by atoms with E-state index >= 15 is 0 Å². The predicted molar refractivity (Wildman–Crippen MR) is 137 cm³/mol. The van der Waals surface area contributed by atoms with Crippen LogP contribution < -0.4 is 10.2 Å². The zero-order valence-corrected chi connectivity index (χ0v) is 20.5. The molecule has 2 aromatic carbocycles. The first-order valence-corrected chi connectivity index (χ1v) is 13.0. The fraction of sp³-hybridized carbons (Fsp3) is 0.464. The topological polar surface area (TPSA) is 73.0 Å². The van der Waals surface area contributed by atoms with Gasteiger partial charge in [0, 0.05) is 56.6 Å². The van der Waals surface area contributed by atoms with Gasteiger partial charge in [0.1, 0.15) is 5.82 Å². The summed E-state index contributed by atoms with van der Waals surface area (Å²) in [7, 11) is 0. The van der Waals surface area contributed by atoms with Crippen LogP contribution in [0.3, 0.4) is 0 Å². The number of rotatable bonds is 5. The summed E-state index contributed by atoms with van der Waals surface area (Å²) >= 11 is 0. The lowest BCUT2D eigenvalue weighted by atomic mass is 10.1. The molecule has 0 aromatic heterocycles. The molecule has 0 atom stereocenters. The molecule has 2 saturated heterocycles. The molecule has 0 radical (unpaired) electrons. The first kappa shape index (κ1) is 24.3. The maximum Gasteiger partial charge on any atom is 0.256 e. The highest BCUT2D eigenvalue weighted by Gasteiger charge is 2.29. The quantitative estimate of drug-likeness (QED) is 0.681. The monoisotopic (exact) mass is 492 g/mol. The van der Waals surface area contributed by atoms with E-state index in [0.29, 0.717) is 37.4 Å². The Hall–Kier alpha value is -3.42. The van der Waals surface area contributed by atoms with Crippen LogP contribution >= 0.6 is 0 Å². The Balaban J connectivity index is 1.33. The first-order valence-electron chi connectivity index (χ1n) is 13.0. The largest absolute Gasteiger partial charge is 0.367 e. The van der Waals surface area contributed by atoms with Crippen molar-refractivity contribution in [3.63, 3.8) is 0 Å². The SMILES string of the molecule is O=C(Nc1ccc(N2CCN(C(=O)c3ccccc3F)CC2)c(C(=O)N2CCCC2)c1)C1CCCC1. The van der Waals surface area contributed by atoms with Gasteiger partial charge in [0.05, 0.1) is 11.1 Å². The van der Waals surface area contributed by atoms with Crippen LogP contribution in [0, 0.1) is 11.7 Å². The fourth-order valence-corrected chi connectivity index (χ4v) is 5.54. The minimum absolute atomic E-state index is 0.0238. The summed E-state index contributed by atoms with van der Waals surface area (Å²) in [6.45, 7) is 3.42. The number of amides is 3. The number of hydrogen-bond acceptors (Lipinski definition) is 4. The van der Waals surface area contributed by atoms with Crippen molar-refractivity contribution in [2.45, 2.75) is 38.5 Å². The molecule has 0 bridgehead atoms. The standard InChI is InChI=1S/C28H33FN4O3/c29-24-10-4-3-9-22(24)27(35)33-17-15-31(16-18-33)25-12-11-21(30-26(34)20-7-1-2-8-20)19-23(25)28(36)32-13-5-6-14-32/h3-4,9-12,19-20H,1-2,5-8,13-18H2,(H,30,34). The van der Waals surface area contributed by atoms with Crippen LogP contribution in [-0.2, 0) is 4.79 Å². The van der Waals surface area contributed by atoms with Crippen molar-refractivity contribution in [3.05, 3.63) is 59.4 Å². The molecular weight excluding hydrogens is 459 g/mol. The third-order valence-corrected chi connectivity index (χ3v) is 7.63. The molecule has 2 aromatic rings. The molecule has 7 nitrogen and oxygen atoms in total. The van der Waals surface area contributed by atoms with Crippen LogP contribution in [-0.4, -0.2) is 66.8 Å². The molecule has 3 aliphatic rings. The highest BCUT2D eigenvalue weighted by Crippen LogP contribution is 2.30. The van der Waals surface area contributed by atoms with Crippen LogP contribution in [0.5, 0.6) is 0 Å². The molecule has 1 N–H and O–H groups in total. The smallest absolute Gasteiger partial charge is 0.256 e. The first-order chi connectivity index (χ1) is 17.5. The van der Waals surface area contributed by atoms with Crippen molar-refractivity contribution < 1.29 is 18.8 Å². The molecule has 2 aliphatic heterocycles. The highest BCUT2D eigenvalue weighted by molar-refractivity contribution is 6.02. The van der Waals surface area contributed by atoms with Gasteiger partial charge in [-0.25, -0.2) is 4.39 Å². The lowest BCUT2D eigenvalue weighted by molar-refractivity contribution is -0.119. The second-order valence-electron chi connectivity index (χ2n) is 9.96. The van der Waals surface area contributed by atoms with Crippen molar-refractivity contribution in [1.29, 1.82) is 0 Å². The Morgan fingerprint density at radius 3 is 2.08 bits per heavy atom. The maximum absolute atomic E-state index is 14.1. The van der Waals surface area contributed by atoms with Gasteiger partial charge < -0.3 is 20.0 Å². The van der Waals surface area contributed by atoms with Crippen LogP contribution in [0.1, 0.15) is 59.2 Å². The number of nitrogens with one attached hydrogen (secondary N) is 1. The molecule has 0 unspecified atom stereocenters. The summed E-state index contributed by atoms with van der Waals surface area (Å²) in [6.07, 6.45) is 5.99. The number of carbonyl (C=O) groups excluding carboxylic acids is 3. The molecule has 36 heavy (non-hydrogen) atoms. The zero-order chi connectivity index (χ0) is 25.1. The Labute approximate surface area is 211 Å². The van der Waals surface area contributed by atoms with E-state index in [0.717, 1.165) is 57.3 Å². The van der Waals surface area contributed by atoms with Gasteiger partial charge in [0.25, 0.3) is 11.8 Å². The summed E-state index contributed by atoms with van der Waals surface area (Å²) in [5.74, 6) is -0.781. The molecule has 0 spiro atoms. The van der Waals surface area contributed by atoms with E-state index in [4.69, 9.17) is 0 Å². The van der Waals surface area contributed by atoms with E-state index in [-0.39, 0.29) is 29.2 Å². The van der Waals surface area contributed by atoms with E-state index < -0.39 is 5.82 Å². The van der Waals surface area contributed by atoms with E-state index in [2.05, 4.69) is 10.2 Å². The van der Waals surface area contributed by atoms with Gasteiger partial charge in [-0.15, -0.1) is 0 Å².